The fraction of sp³-hybridized carbons (Fsp3) is 0.0952. The Labute approximate surface area is 181 Å². The second-order valence-electron chi connectivity index (χ2n) is 6.41. The van der Waals surface area contributed by atoms with Gasteiger partial charge in [0.05, 0.1) is 17.3 Å². The van der Waals surface area contributed by atoms with Gasteiger partial charge in [0.1, 0.15) is 17.3 Å². The molecule has 1 aliphatic rings. The van der Waals surface area contributed by atoms with Crippen molar-refractivity contribution in [3.8, 4) is 11.5 Å². The lowest BCUT2D eigenvalue weighted by Gasteiger charge is -2.20. The third-order valence-corrected chi connectivity index (χ3v) is 6.39. The van der Waals surface area contributed by atoms with Crippen LogP contribution in [0.2, 0.25) is 0 Å². The number of nitrogens with zero attached hydrogens (tertiary/aromatic N) is 1. The normalized spacial score (nSPS) is 14.3. The van der Waals surface area contributed by atoms with Crippen LogP contribution in [0.4, 0.5) is 10.1 Å². The van der Waals surface area contributed by atoms with Crippen molar-refractivity contribution >= 4 is 37.5 Å². The largest absolute Gasteiger partial charge is 0.493 e. The van der Waals surface area contributed by atoms with E-state index >= 15 is 0 Å². The number of ether oxygens (including phenoxy) is 2. The Hall–Kier alpha value is -2.91. The first-order valence-corrected chi connectivity index (χ1v) is 11.1. The van der Waals surface area contributed by atoms with Crippen molar-refractivity contribution in [2.45, 2.75) is 11.5 Å². The minimum Gasteiger partial charge on any atom is -0.493 e. The van der Waals surface area contributed by atoms with Crippen LogP contribution in [0.3, 0.4) is 0 Å². The molecule has 1 aliphatic heterocycles. The molecule has 1 N–H and O–H groups in total. The summed E-state index contributed by atoms with van der Waals surface area (Å²) in [5.41, 5.74) is 1.32. The summed E-state index contributed by atoms with van der Waals surface area (Å²) in [4.78, 5) is 0.115. The zero-order valence-electron chi connectivity index (χ0n) is 15.7. The topological polar surface area (TPSA) is 77.0 Å². The summed E-state index contributed by atoms with van der Waals surface area (Å²) in [6, 6.07) is 16.1. The summed E-state index contributed by atoms with van der Waals surface area (Å²) >= 11 is 3.43. The van der Waals surface area contributed by atoms with E-state index in [9.17, 15) is 12.8 Å². The predicted octanol–water partition coefficient (Wildman–Crippen LogP) is 4.74. The van der Waals surface area contributed by atoms with E-state index in [1.807, 2.05) is 0 Å². The zero-order chi connectivity index (χ0) is 21.3. The molecule has 3 aromatic rings. The van der Waals surface area contributed by atoms with Crippen molar-refractivity contribution in [1.82, 2.24) is 0 Å². The fourth-order valence-corrected chi connectivity index (χ4v) is 4.70. The van der Waals surface area contributed by atoms with Crippen molar-refractivity contribution in [1.29, 1.82) is 0 Å². The van der Waals surface area contributed by atoms with Crippen LogP contribution in [0.15, 0.2) is 74.4 Å². The smallest absolute Gasteiger partial charge is 0.286 e. The first-order chi connectivity index (χ1) is 14.4. The van der Waals surface area contributed by atoms with Gasteiger partial charge < -0.3 is 14.8 Å². The summed E-state index contributed by atoms with van der Waals surface area (Å²) in [5, 5.41) is 3.04. The Bertz CT molecular complexity index is 1260. The monoisotopic (exact) mass is 490 g/mol. The van der Waals surface area contributed by atoms with Crippen LogP contribution in [-0.2, 0) is 16.6 Å². The molecule has 6 nitrogen and oxygen atoms in total. The van der Waals surface area contributed by atoms with Gasteiger partial charge in [0, 0.05) is 11.1 Å². The summed E-state index contributed by atoms with van der Waals surface area (Å²) in [5.74, 6) is 0.503. The summed E-state index contributed by atoms with van der Waals surface area (Å²) < 4.78 is 54.5. The van der Waals surface area contributed by atoms with Gasteiger partial charge >= 0.3 is 0 Å². The van der Waals surface area contributed by atoms with E-state index in [1.165, 1.54) is 19.2 Å². The van der Waals surface area contributed by atoms with Crippen LogP contribution >= 0.6 is 15.9 Å². The molecule has 0 bridgehead atoms. The number of benzene rings is 3. The van der Waals surface area contributed by atoms with Gasteiger partial charge in [-0.3, -0.25) is 0 Å². The number of halogens is 2. The van der Waals surface area contributed by atoms with E-state index < -0.39 is 10.0 Å². The molecule has 4 rings (SSSR count). The van der Waals surface area contributed by atoms with E-state index in [0.29, 0.717) is 32.8 Å². The van der Waals surface area contributed by atoms with E-state index in [2.05, 4.69) is 25.6 Å². The van der Waals surface area contributed by atoms with Crippen LogP contribution < -0.4 is 14.8 Å². The van der Waals surface area contributed by atoms with Gasteiger partial charge in [-0.1, -0.05) is 30.3 Å². The molecule has 0 spiro atoms. The second-order valence-corrected chi connectivity index (χ2v) is 8.83. The summed E-state index contributed by atoms with van der Waals surface area (Å²) in [6.07, 6.45) is 0. The molecule has 0 aromatic heterocycles. The lowest BCUT2D eigenvalue weighted by molar-refractivity contribution is 0.278. The van der Waals surface area contributed by atoms with Crippen molar-refractivity contribution in [2.75, 3.05) is 12.4 Å². The molecule has 0 atom stereocenters. The van der Waals surface area contributed by atoms with Gasteiger partial charge in [-0.2, -0.15) is 8.42 Å². The van der Waals surface area contributed by atoms with Crippen molar-refractivity contribution in [2.24, 2.45) is 4.40 Å². The van der Waals surface area contributed by atoms with E-state index in [4.69, 9.17) is 9.47 Å². The molecule has 0 radical (unpaired) electrons. The Morgan fingerprint density at radius 3 is 2.60 bits per heavy atom. The Morgan fingerprint density at radius 2 is 1.83 bits per heavy atom. The number of anilines is 1. The van der Waals surface area contributed by atoms with Crippen LogP contribution in [0, 0.1) is 5.82 Å². The lowest BCUT2D eigenvalue weighted by atomic mass is 10.1. The molecule has 0 amide bonds. The molecule has 0 unspecified atom stereocenters. The van der Waals surface area contributed by atoms with E-state index in [-0.39, 0.29) is 23.2 Å². The molecule has 0 saturated heterocycles. The highest BCUT2D eigenvalue weighted by Gasteiger charge is 2.26. The zero-order valence-corrected chi connectivity index (χ0v) is 18.1. The van der Waals surface area contributed by atoms with Crippen LogP contribution in [0.25, 0.3) is 0 Å². The Balaban J connectivity index is 1.68. The number of amidine groups is 1. The highest BCUT2D eigenvalue weighted by atomic mass is 79.9. The highest BCUT2D eigenvalue weighted by Crippen LogP contribution is 2.38. The number of sulfonamides is 1. The number of rotatable bonds is 5. The van der Waals surface area contributed by atoms with Gasteiger partial charge in [-0.05, 0) is 46.3 Å². The number of methoxy groups -OCH3 is 1. The minimum absolute atomic E-state index is 0.00192. The number of nitrogens with one attached hydrogen (secondary N) is 1. The molecule has 9 heteroatoms. The molecular weight excluding hydrogens is 475 g/mol. The SMILES string of the molecule is COc1cc(C2=NS(=O)(=O)c3ccccc3N2)cc(Br)c1OCc1ccccc1F. The Morgan fingerprint density at radius 1 is 1.10 bits per heavy atom. The number of hydrogen-bond donors (Lipinski definition) is 1. The van der Waals surface area contributed by atoms with Crippen LogP contribution in [-0.4, -0.2) is 21.4 Å². The van der Waals surface area contributed by atoms with E-state index in [0.717, 1.165) is 0 Å². The second kappa shape index (κ2) is 8.08. The lowest BCUT2D eigenvalue weighted by Crippen LogP contribution is -2.22. The van der Waals surface area contributed by atoms with Gasteiger partial charge in [0.25, 0.3) is 10.0 Å². The molecule has 154 valence electrons. The maximum absolute atomic E-state index is 13.9. The van der Waals surface area contributed by atoms with Gasteiger partial charge in [-0.25, -0.2) is 4.39 Å². The van der Waals surface area contributed by atoms with Gasteiger partial charge in [0.2, 0.25) is 0 Å². The summed E-state index contributed by atoms with van der Waals surface area (Å²) in [7, 11) is -2.37. The predicted molar refractivity (Wildman–Crippen MR) is 115 cm³/mol. The van der Waals surface area contributed by atoms with Gasteiger partial charge in [0.15, 0.2) is 17.3 Å². The van der Waals surface area contributed by atoms with Crippen molar-refractivity contribution < 1.29 is 22.3 Å². The van der Waals surface area contributed by atoms with Crippen LogP contribution in [0.5, 0.6) is 11.5 Å². The molecule has 0 saturated carbocycles. The number of hydrogen-bond acceptors (Lipinski definition) is 5. The van der Waals surface area contributed by atoms with Crippen molar-refractivity contribution in [3.05, 3.63) is 82.1 Å². The molecule has 30 heavy (non-hydrogen) atoms. The number of fused-ring (bicyclic) bond motifs is 1. The van der Waals surface area contributed by atoms with E-state index in [1.54, 1.807) is 48.5 Å². The molecule has 0 aliphatic carbocycles. The third-order valence-electron chi connectivity index (χ3n) is 4.46. The minimum atomic E-state index is -3.84. The quantitative estimate of drug-likeness (QED) is 0.558. The third kappa shape index (κ3) is 3.90. The molecule has 1 heterocycles. The van der Waals surface area contributed by atoms with Gasteiger partial charge in [-0.15, -0.1) is 4.40 Å². The Kier molecular flexibility index (Phi) is 5.48. The molecule has 0 fully saturated rings. The molecule has 3 aromatic carbocycles. The van der Waals surface area contributed by atoms with Crippen LogP contribution in [0.1, 0.15) is 11.1 Å². The summed E-state index contributed by atoms with van der Waals surface area (Å²) in [6.45, 7) is 0.00192. The number of para-hydroxylation sites is 1. The molecular formula is C21H16BrFN2O4S. The average molecular weight is 491 g/mol. The first kappa shape index (κ1) is 20.4. The highest BCUT2D eigenvalue weighted by molar-refractivity contribution is 9.10. The standard InChI is InChI=1S/C21H16BrFN2O4S/c1-28-18-11-14(21-24-17-8-4-5-9-19(17)30(26,27)25-21)10-15(22)20(18)29-12-13-6-2-3-7-16(13)23/h2-11H,12H2,1H3,(H,24,25). The fourth-order valence-electron chi connectivity index (χ4n) is 3.00. The van der Waals surface area contributed by atoms with Crippen molar-refractivity contribution in [3.63, 3.8) is 0 Å². The maximum Gasteiger partial charge on any atom is 0.286 e. The first-order valence-electron chi connectivity index (χ1n) is 8.84. The maximum atomic E-state index is 13.9. The average Bonchev–Trinajstić information content (AvgIpc) is 2.73.